The lowest BCUT2D eigenvalue weighted by molar-refractivity contribution is -0.143. The average Bonchev–Trinajstić information content (AvgIpc) is 2.75. The van der Waals surface area contributed by atoms with Crippen molar-refractivity contribution in [3.8, 4) is 0 Å². The zero-order valence-electron chi connectivity index (χ0n) is 20.8. The van der Waals surface area contributed by atoms with E-state index in [1.54, 1.807) is 34.6 Å². The van der Waals surface area contributed by atoms with Crippen LogP contribution in [0.15, 0.2) is 0 Å². The van der Waals surface area contributed by atoms with Crippen LogP contribution in [0.5, 0.6) is 0 Å². The number of hydrogen-bond acceptors (Lipinski definition) is 7. The van der Waals surface area contributed by atoms with E-state index in [1.165, 1.54) is 0 Å². The van der Waals surface area contributed by atoms with Gasteiger partial charge in [0.05, 0.1) is 0 Å². The summed E-state index contributed by atoms with van der Waals surface area (Å²) in [5.41, 5.74) is 11.0. The number of carboxylic acid groups (broad SMARTS) is 1. The van der Waals surface area contributed by atoms with Crippen molar-refractivity contribution < 1.29 is 34.2 Å². The monoisotopic (exact) mass is 487 g/mol. The van der Waals surface area contributed by atoms with Crippen LogP contribution < -0.4 is 27.4 Å². The zero-order chi connectivity index (χ0) is 26.7. The fourth-order valence-corrected chi connectivity index (χ4v) is 3.12. The Balaban J connectivity index is 5.44. The maximum absolute atomic E-state index is 13.0. The lowest BCUT2D eigenvalue weighted by atomic mass is 9.94. The summed E-state index contributed by atoms with van der Waals surface area (Å²) in [6.45, 7) is 10.3. The molecular formula is C22H41N5O7. The minimum absolute atomic E-state index is 0.127. The van der Waals surface area contributed by atoms with E-state index in [0.29, 0.717) is 6.42 Å². The van der Waals surface area contributed by atoms with Gasteiger partial charge in [0.25, 0.3) is 5.91 Å². The number of carbonyl (C=O) groups excluding carboxylic acids is 4. The number of aliphatic hydroxyl groups excluding tert-OH is 1. The molecule has 4 amide bonds. The number of carboxylic acids is 1. The molecule has 6 atom stereocenters. The summed E-state index contributed by atoms with van der Waals surface area (Å²) in [5, 5.41) is 27.0. The topological polar surface area (TPSA) is 214 Å². The highest BCUT2D eigenvalue weighted by Crippen LogP contribution is 2.12. The molecule has 34 heavy (non-hydrogen) atoms. The second-order valence-corrected chi connectivity index (χ2v) is 9.27. The molecule has 3 unspecified atom stereocenters. The van der Waals surface area contributed by atoms with Crippen molar-refractivity contribution >= 4 is 29.6 Å². The fourth-order valence-electron chi connectivity index (χ4n) is 3.12. The van der Waals surface area contributed by atoms with Gasteiger partial charge in [-0.05, 0) is 24.2 Å². The van der Waals surface area contributed by atoms with Gasteiger partial charge >= 0.3 is 5.97 Å². The number of aliphatic hydroxyl groups is 1. The molecule has 0 saturated carbocycles. The molecule has 0 fully saturated rings. The van der Waals surface area contributed by atoms with Gasteiger partial charge in [-0.1, -0.05) is 48.0 Å². The first kappa shape index (κ1) is 31.3. The molecule has 9 N–H and O–H groups in total. The lowest BCUT2D eigenvalue weighted by Crippen LogP contribution is -2.60. The van der Waals surface area contributed by atoms with Crippen LogP contribution in [0.3, 0.4) is 0 Å². The molecule has 0 aliphatic carbocycles. The largest absolute Gasteiger partial charge is 0.480 e. The molecule has 0 aromatic heterocycles. The Hall–Kier alpha value is -2.73. The van der Waals surface area contributed by atoms with Crippen molar-refractivity contribution in [1.29, 1.82) is 0 Å². The van der Waals surface area contributed by atoms with E-state index in [2.05, 4.69) is 16.0 Å². The van der Waals surface area contributed by atoms with Crippen molar-refractivity contribution in [1.82, 2.24) is 16.0 Å². The smallest absolute Gasteiger partial charge is 0.326 e. The van der Waals surface area contributed by atoms with Crippen LogP contribution >= 0.6 is 0 Å². The number of amides is 4. The van der Waals surface area contributed by atoms with Gasteiger partial charge in [0.15, 0.2) is 0 Å². The Morgan fingerprint density at radius 2 is 1.26 bits per heavy atom. The zero-order valence-corrected chi connectivity index (χ0v) is 20.8. The first-order valence-corrected chi connectivity index (χ1v) is 11.5. The first-order chi connectivity index (χ1) is 15.6. The van der Waals surface area contributed by atoms with E-state index >= 15 is 0 Å². The predicted octanol–water partition coefficient (Wildman–Crippen LogP) is -1.16. The van der Waals surface area contributed by atoms with Crippen LogP contribution in [-0.2, 0) is 24.0 Å². The molecule has 0 aromatic carbocycles. The molecule has 0 spiro atoms. The van der Waals surface area contributed by atoms with Crippen LogP contribution in [0.25, 0.3) is 0 Å². The van der Waals surface area contributed by atoms with Gasteiger partial charge in [0, 0.05) is 12.5 Å². The quantitative estimate of drug-likeness (QED) is 0.149. The van der Waals surface area contributed by atoms with E-state index in [4.69, 9.17) is 11.5 Å². The van der Waals surface area contributed by atoms with E-state index in [0.717, 1.165) is 0 Å². The van der Waals surface area contributed by atoms with Gasteiger partial charge in [-0.15, -0.1) is 0 Å². The summed E-state index contributed by atoms with van der Waals surface area (Å²) >= 11 is 0. The van der Waals surface area contributed by atoms with Crippen LogP contribution in [0, 0.1) is 17.8 Å². The van der Waals surface area contributed by atoms with Crippen molar-refractivity contribution in [2.24, 2.45) is 29.2 Å². The number of nitrogens with one attached hydrogen (secondary N) is 3. The fraction of sp³-hybridized carbons (Fsp3) is 0.773. The summed E-state index contributed by atoms with van der Waals surface area (Å²) in [4.78, 5) is 60.6. The van der Waals surface area contributed by atoms with Gasteiger partial charge in [0.2, 0.25) is 17.7 Å². The Kier molecular flexibility index (Phi) is 13.3. The van der Waals surface area contributed by atoms with E-state index < -0.39 is 71.7 Å². The van der Waals surface area contributed by atoms with E-state index in [9.17, 15) is 34.2 Å². The Labute approximate surface area is 200 Å². The minimum atomic E-state index is -1.52. The van der Waals surface area contributed by atoms with Crippen LogP contribution in [0.4, 0.5) is 0 Å². The van der Waals surface area contributed by atoms with Gasteiger partial charge in [-0.3, -0.25) is 19.2 Å². The van der Waals surface area contributed by atoms with E-state index in [-0.39, 0.29) is 18.8 Å². The molecule has 0 radical (unpaired) electrons. The highest BCUT2D eigenvalue weighted by Gasteiger charge is 2.34. The molecule has 0 heterocycles. The van der Waals surface area contributed by atoms with Crippen LogP contribution in [0.1, 0.15) is 60.8 Å². The second kappa shape index (κ2) is 14.5. The molecular weight excluding hydrogens is 446 g/mol. The molecule has 0 saturated heterocycles. The summed E-state index contributed by atoms with van der Waals surface area (Å²) in [5.74, 6) is -5.24. The summed E-state index contributed by atoms with van der Waals surface area (Å²) in [6, 6.07) is -4.38. The molecule has 0 bridgehead atoms. The standard InChI is InChI=1S/C22H41N5O7/c1-7-12(6)15(24)18(29)21(32)27-17(11(4)5)20(31)26-16(10(2)3)19(30)25-13(22(33)34)8-9-14(23)28/h10-13,15-18,29H,7-9,24H2,1-6H3,(H2,23,28)(H,25,30)(H,26,31)(H,27,32)(H,33,34)/t12?,13-,15?,16-,17-,18?/m0/s1. The number of rotatable bonds is 15. The third-order valence-corrected chi connectivity index (χ3v) is 5.72. The highest BCUT2D eigenvalue weighted by molar-refractivity contribution is 5.94. The van der Waals surface area contributed by atoms with Crippen molar-refractivity contribution in [2.75, 3.05) is 0 Å². The van der Waals surface area contributed by atoms with Crippen LogP contribution in [0.2, 0.25) is 0 Å². The normalized spacial score (nSPS) is 16.6. The number of hydrogen-bond donors (Lipinski definition) is 7. The first-order valence-electron chi connectivity index (χ1n) is 11.5. The summed E-state index contributed by atoms with van der Waals surface area (Å²) in [6.07, 6.45) is -1.30. The Morgan fingerprint density at radius 1 is 0.824 bits per heavy atom. The third-order valence-electron chi connectivity index (χ3n) is 5.72. The number of carbonyl (C=O) groups is 5. The van der Waals surface area contributed by atoms with Gasteiger partial charge in [-0.25, -0.2) is 4.79 Å². The molecule has 0 aliphatic rings. The highest BCUT2D eigenvalue weighted by atomic mass is 16.4. The summed E-state index contributed by atoms with van der Waals surface area (Å²) < 4.78 is 0. The van der Waals surface area contributed by atoms with Crippen molar-refractivity contribution in [2.45, 2.75) is 91.1 Å². The van der Waals surface area contributed by atoms with Gasteiger partial charge in [0.1, 0.15) is 24.2 Å². The van der Waals surface area contributed by atoms with Crippen LogP contribution in [-0.4, -0.2) is 70.1 Å². The molecule has 0 aromatic rings. The maximum atomic E-state index is 13.0. The Bertz CT molecular complexity index is 728. The van der Waals surface area contributed by atoms with Crippen molar-refractivity contribution in [3.63, 3.8) is 0 Å². The minimum Gasteiger partial charge on any atom is -0.480 e. The Morgan fingerprint density at radius 3 is 1.65 bits per heavy atom. The van der Waals surface area contributed by atoms with Crippen molar-refractivity contribution in [3.05, 3.63) is 0 Å². The maximum Gasteiger partial charge on any atom is 0.326 e. The lowest BCUT2D eigenvalue weighted by Gasteiger charge is -2.29. The number of aliphatic carboxylic acids is 1. The third kappa shape index (κ3) is 10.0. The number of primary amides is 1. The summed E-state index contributed by atoms with van der Waals surface area (Å²) in [7, 11) is 0. The molecule has 12 heteroatoms. The van der Waals surface area contributed by atoms with Gasteiger partial charge < -0.3 is 37.6 Å². The second-order valence-electron chi connectivity index (χ2n) is 9.27. The van der Waals surface area contributed by atoms with Gasteiger partial charge in [-0.2, -0.15) is 0 Å². The molecule has 12 nitrogen and oxygen atoms in total. The predicted molar refractivity (Wildman–Crippen MR) is 125 cm³/mol. The molecule has 0 rings (SSSR count). The van der Waals surface area contributed by atoms with E-state index in [1.807, 2.05) is 6.92 Å². The number of nitrogens with two attached hydrogens (primary N) is 2. The molecule has 196 valence electrons. The average molecular weight is 488 g/mol. The molecule has 0 aliphatic heterocycles. The SMILES string of the molecule is CCC(C)C(N)C(O)C(=O)N[C@H](C(=O)N[C@H](C(=O)N[C@@H](CCC(N)=O)C(=O)O)C(C)C)C(C)C.